The van der Waals surface area contributed by atoms with Crippen molar-refractivity contribution in [3.05, 3.63) is 97.0 Å². The van der Waals surface area contributed by atoms with Gasteiger partial charge in [-0.3, -0.25) is 9.78 Å². The van der Waals surface area contributed by atoms with Crippen LogP contribution in [0.2, 0.25) is 0 Å². The van der Waals surface area contributed by atoms with E-state index in [2.05, 4.69) is 15.3 Å². The van der Waals surface area contributed by atoms with Gasteiger partial charge >= 0.3 is 0 Å². The van der Waals surface area contributed by atoms with Crippen molar-refractivity contribution in [1.29, 1.82) is 0 Å². The summed E-state index contributed by atoms with van der Waals surface area (Å²) in [6.45, 7) is 0. The van der Waals surface area contributed by atoms with Gasteiger partial charge in [0, 0.05) is 47.0 Å². The second-order valence-corrected chi connectivity index (χ2v) is 7.13. The van der Waals surface area contributed by atoms with E-state index in [1.165, 1.54) is 0 Å². The van der Waals surface area contributed by atoms with Crippen LogP contribution >= 0.6 is 0 Å². The monoisotopic (exact) mass is 421 g/mol. The van der Waals surface area contributed by atoms with Gasteiger partial charge in [-0.05, 0) is 48.5 Å². The first-order valence-corrected chi connectivity index (χ1v) is 10.0. The Labute approximate surface area is 184 Å². The van der Waals surface area contributed by atoms with Crippen LogP contribution in [0.1, 0.15) is 10.4 Å². The predicted molar refractivity (Wildman–Crippen MR) is 123 cm³/mol. The third kappa shape index (κ3) is 3.79. The Morgan fingerprint density at radius 3 is 2.59 bits per heavy atom. The minimum absolute atomic E-state index is 0.208. The van der Waals surface area contributed by atoms with Crippen LogP contribution in [0.4, 0.5) is 5.69 Å². The molecule has 0 atom stereocenters. The standard InChI is InChI=1S/C25H19N5O2/c1-32-21-7-3-5-19(15-21)25(31)28-20-6-2-4-18(14-20)23-10-13-27-24-16-22(29-30(23)24)17-8-11-26-12-9-17/h2-16H,1H3,(H,28,31). The number of rotatable bonds is 5. The number of carbonyl (C=O) groups excluding carboxylic acids is 1. The Bertz CT molecular complexity index is 1410. The summed E-state index contributed by atoms with van der Waals surface area (Å²) in [7, 11) is 1.57. The third-order valence-corrected chi connectivity index (χ3v) is 5.08. The van der Waals surface area contributed by atoms with Crippen LogP contribution in [0.3, 0.4) is 0 Å². The molecule has 3 heterocycles. The molecule has 0 spiro atoms. The number of pyridine rings is 1. The Morgan fingerprint density at radius 1 is 0.906 bits per heavy atom. The number of hydrogen-bond donors (Lipinski definition) is 1. The summed E-state index contributed by atoms with van der Waals surface area (Å²) in [6, 6.07) is 22.4. The number of hydrogen-bond acceptors (Lipinski definition) is 5. The lowest BCUT2D eigenvalue weighted by molar-refractivity contribution is 0.102. The quantitative estimate of drug-likeness (QED) is 0.444. The van der Waals surface area contributed by atoms with E-state index in [0.717, 1.165) is 28.2 Å². The fourth-order valence-corrected chi connectivity index (χ4v) is 3.50. The minimum Gasteiger partial charge on any atom is -0.497 e. The largest absolute Gasteiger partial charge is 0.497 e. The molecule has 0 bridgehead atoms. The number of aromatic nitrogens is 4. The van der Waals surface area contributed by atoms with Gasteiger partial charge in [0.1, 0.15) is 5.75 Å². The van der Waals surface area contributed by atoms with Crippen molar-refractivity contribution in [3.8, 4) is 28.3 Å². The van der Waals surface area contributed by atoms with E-state index in [1.807, 2.05) is 48.5 Å². The van der Waals surface area contributed by atoms with Gasteiger partial charge in [0.25, 0.3) is 5.91 Å². The van der Waals surface area contributed by atoms with Gasteiger partial charge in [-0.25, -0.2) is 9.50 Å². The number of ether oxygens (including phenoxy) is 1. The van der Waals surface area contributed by atoms with Gasteiger partial charge in [0.05, 0.1) is 18.5 Å². The van der Waals surface area contributed by atoms with Crippen LogP contribution in [0.25, 0.3) is 28.2 Å². The van der Waals surface area contributed by atoms with E-state index < -0.39 is 0 Å². The van der Waals surface area contributed by atoms with Gasteiger partial charge in [-0.15, -0.1) is 0 Å². The molecule has 5 rings (SSSR count). The Kier molecular flexibility index (Phi) is 5.05. The second kappa shape index (κ2) is 8.31. The number of fused-ring (bicyclic) bond motifs is 1. The number of benzene rings is 2. The third-order valence-electron chi connectivity index (χ3n) is 5.08. The molecule has 0 saturated carbocycles. The van der Waals surface area contributed by atoms with Crippen LogP contribution in [-0.4, -0.2) is 32.6 Å². The van der Waals surface area contributed by atoms with Crippen LogP contribution in [0.5, 0.6) is 5.75 Å². The van der Waals surface area contributed by atoms with E-state index in [4.69, 9.17) is 9.84 Å². The highest BCUT2D eigenvalue weighted by atomic mass is 16.5. The lowest BCUT2D eigenvalue weighted by atomic mass is 10.1. The fourth-order valence-electron chi connectivity index (χ4n) is 3.50. The molecule has 0 aliphatic rings. The number of amides is 1. The van der Waals surface area contributed by atoms with Crippen molar-refractivity contribution in [3.63, 3.8) is 0 Å². The van der Waals surface area contributed by atoms with Crippen LogP contribution < -0.4 is 10.1 Å². The van der Waals surface area contributed by atoms with E-state index >= 15 is 0 Å². The highest BCUT2D eigenvalue weighted by Gasteiger charge is 2.12. The molecule has 7 heteroatoms. The second-order valence-electron chi connectivity index (χ2n) is 7.13. The normalized spacial score (nSPS) is 10.8. The molecule has 3 aromatic heterocycles. The zero-order valence-electron chi connectivity index (χ0n) is 17.3. The molecule has 32 heavy (non-hydrogen) atoms. The predicted octanol–water partition coefficient (Wildman–Crippen LogP) is 4.72. The zero-order valence-corrected chi connectivity index (χ0v) is 17.3. The van der Waals surface area contributed by atoms with Crippen LogP contribution in [0, 0.1) is 0 Å². The lowest BCUT2D eigenvalue weighted by Gasteiger charge is -2.09. The summed E-state index contributed by atoms with van der Waals surface area (Å²) in [5, 5.41) is 7.69. The average Bonchev–Trinajstić information content (AvgIpc) is 3.29. The van der Waals surface area contributed by atoms with Crippen molar-refractivity contribution in [2.24, 2.45) is 0 Å². The minimum atomic E-state index is -0.208. The summed E-state index contributed by atoms with van der Waals surface area (Å²) in [4.78, 5) is 21.2. The summed E-state index contributed by atoms with van der Waals surface area (Å²) in [5.41, 5.74) is 5.50. The van der Waals surface area contributed by atoms with Crippen molar-refractivity contribution < 1.29 is 9.53 Å². The molecule has 0 aliphatic heterocycles. The maximum Gasteiger partial charge on any atom is 0.255 e. The van der Waals surface area contributed by atoms with E-state index in [-0.39, 0.29) is 5.91 Å². The summed E-state index contributed by atoms with van der Waals surface area (Å²) < 4.78 is 7.01. The first-order valence-electron chi connectivity index (χ1n) is 10.0. The number of anilines is 1. The number of carbonyl (C=O) groups is 1. The molecule has 156 valence electrons. The first kappa shape index (κ1) is 19.4. The molecular weight excluding hydrogens is 402 g/mol. The maximum atomic E-state index is 12.7. The van der Waals surface area contributed by atoms with Gasteiger partial charge in [0.15, 0.2) is 5.65 Å². The van der Waals surface area contributed by atoms with Gasteiger partial charge in [0.2, 0.25) is 0 Å². The van der Waals surface area contributed by atoms with Crippen LogP contribution in [-0.2, 0) is 0 Å². The van der Waals surface area contributed by atoms with Crippen molar-refractivity contribution >= 4 is 17.2 Å². The van der Waals surface area contributed by atoms with Gasteiger partial charge in [-0.2, -0.15) is 5.10 Å². The van der Waals surface area contributed by atoms with Crippen molar-refractivity contribution in [1.82, 2.24) is 19.6 Å². The topological polar surface area (TPSA) is 81.4 Å². The highest BCUT2D eigenvalue weighted by molar-refractivity contribution is 6.04. The zero-order chi connectivity index (χ0) is 21.9. The number of methoxy groups -OCH3 is 1. The molecule has 5 aromatic rings. The molecule has 7 nitrogen and oxygen atoms in total. The number of nitrogens with zero attached hydrogens (tertiary/aromatic N) is 4. The molecular formula is C25H19N5O2. The summed E-state index contributed by atoms with van der Waals surface area (Å²) in [5.74, 6) is 0.425. The van der Waals surface area contributed by atoms with E-state index in [9.17, 15) is 4.79 Å². The number of nitrogens with one attached hydrogen (secondary N) is 1. The van der Waals surface area contributed by atoms with Crippen molar-refractivity contribution in [2.45, 2.75) is 0 Å². The van der Waals surface area contributed by atoms with Crippen molar-refractivity contribution in [2.75, 3.05) is 12.4 Å². The lowest BCUT2D eigenvalue weighted by Crippen LogP contribution is -2.12. The summed E-state index contributed by atoms with van der Waals surface area (Å²) in [6.07, 6.45) is 5.23. The molecule has 0 saturated heterocycles. The maximum absolute atomic E-state index is 12.7. The Hall–Kier alpha value is -4.52. The van der Waals surface area contributed by atoms with E-state index in [1.54, 1.807) is 54.5 Å². The first-order chi connectivity index (χ1) is 15.7. The summed E-state index contributed by atoms with van der Waals surface area (Å²) >= 11 is 0. The Morgan fingerprint density at radius 2 is 1.75 bits per heavy atom. The van der Waals surface area contributed by atoms with Gasteiger partial charge in [-0.1, -0.05) is 18.2 Å². The smallest absolute Gasteiger partial charge is 0.255 e. The SMILES string of the molecule is COc1cccc(C(=O)Nc2cccc(-c3ccnc4cc(-c5ccncc5)nn34)c2)c1. The molecule has 0 unspecified atom stereocenters. The fraction of sp³-hybridized carbons (Fsp3) is 0.0400. The molecule has 0 fully saturated rings. The molecule has 0 aliphatic carbocycles. The van der Waals surface area contributed by atoms with Gasteiger partial charge < -0.3 is 10.1 Å². The molecule has 1 amide bonds. The Balaban J connectivity index is 1.47. The molecule has 1 N–H and O–H groups in total. The average molecular weight is 421 g/mol. The highest BCUT2D eigenvalue weighted by Crippen LogP contribution is 2.26. The van der Waals surface area contributed by atoms with E-state index in [0.29, 0.717) is 17.0 Å². The molecule has 2 aromatic carbocycles. The molecule has 0 radical (unpaired) electrons. The van der Waals surface area contributed by atoms with Crippen LogP contribution in [0.15, 0.2) is 91.4 Å².